The minimum Gasteiger partial charge on any atom is -0.478 e. The second-order valence-electron chi connectivity index (χ2n) is 7.13. The number of carbonyl (C=O) groups excluding carboxylic acids is 1. The Balaban J connectivity index is 0.000000293. The number of carboxylic acids is 2. The van der Waals surface area contributed by atoms with Gasteiger partial charge < -0.3 is 29.3 Å². The smallest absolute Gasteiger partial charge is 0.409 e. The number of amides is 1. The maximum atomic E-state index is 11.8. The molecule has 1 fully saturated rings. The molecule has 0 unspecified atom stereocenters. The maximum Gasteiger partial charge on any atom is 0.409 e. The molecule has 1 aromatic heterocycles. The number of nitrogens with zero attached hydrogens (tertiary/aromatic N) is 4. The summed E-state index contributed by atoms with van der Waals surface area (Å²) in [6, 6.07) is 6.41. The van der Waals surface area contributed by atoms with E-state index in [1.807, 2.05) is 6.92 Å². The van der Waals surface area contributed by atoms with Gasteiger partial charge in [-0.05, 0) is 31.4 Å². The van der Waals surface area contributed by atoms with Gasteiger partial charge in [0.15, 0.2) is 0 Å². The van der Waals surface area contributed by atoms with E-state index in [0.29, 0.717) is 31.8 Å². The van der Waals surface area contributed by atoms with Crippen molar-refractivity contribution < 1.29 is 29.3 Å². The molecule has 1 aromatic carbocycles. The molecule has 1 saturated heterocycles. The lowest BCUT2D eigenvalue weighted by molar-refractivity contribution is -0.134. The van der Waals surface area contributed by atoms with E-state index in [9.17, 15) is 14.4 Å². The number of hydrogen-bond donors (Lipinski definition) is 2. The number of aromatic nitrogens is 2. The van der Waals surface area contributed by atoms with E-state index in [-0.39, 0.29) is 6.09 Å². The Bertz CT molecular complexity index is 975. The first kappa shape index (κ1) is 22.1. The highest BCUT2D eigenvalue weighted by atomic mass is 16.6. The molecule has 3 heterocycles. The van der Waals surface area contributed by atoms with Gasteiger partial charge in [-0.3, -0.25) is 0 Å². The number of aliphatic carboxylic acids is 2. The number of hydrogen-bond acceptors (Lipinski definition) is 6. The molecule has 0 radical (unpaired) electrons. The number of anilines is 1. The van der Waals surface area contributed by atoms with Gasteiger partial charge in [-0.2, -0.15) is 0 Å². The molecule has 0 saturated carbocycles. The van der Waals surface area contributed by atoms with E-state index in [2.05, 4.69) is 27.7 Å². The number of piperazine rings is 1. The Morgan fingerprint density at radius 1 is 1.06 bits per heavy atom. The van der Waals surface area contributed by atoms with Crippen molar-refractivity contribution in [2.24, 2.45) is 0 Å². The standard InChI is InChI=1S/C17H22N4O2.C4H4O4/c1-2-23-17(22)20-11-9-19(10-12-20)16-18-14-7-3-5-13-6-4-8-21(16)15(13)14;5-3(6)1-2-4(7)8/h3,5,7H,2,4,6,8-12H2,1H3;1-2H,(H,5,6)(H,7,8)/b;2-1+. The fourth-order valence-electron chi connectivity index (χ4n) is 3.78. The van der Waals surface area contributed by atoms with Crippen LogP contribution in [0.15, 0.2) is 30.4 Å². The largest absolute Gasteiger partial charge is 0.478 e. The molecule has 2 aliphatic rings. The summed E-state index contributed by atoms with van der Waals surface area (Å²) in [6.07, 6.45) is 3.21. The SMILES string of the molecule is CCOC(=O)N1CCN(c2nc3cccc4c3n2CCC4)CC1.O=C(O)/C=C/C(=O)O. The summed E-state index contributed by atoms with van der Waals surface area (Å²) in [5.74, 6) is -1.46. The first-order valence-electron chi connectivity index (χ1n) is 10.2. The van der Waals surface area contributed by atoms with Gasteiger partial charge >= 0.3 is 18.0 Å². The minimum atomic E-state index is -1.26. The monoisotopic (exact) mass is 430 g/mol. The zero-order valence-electron chi connectivity index (χ0n) is 17.4. The van der Waals surface area contributed by atoms with Gasteiger partial charge in [0.05, 0.1) is 17.6 Å². The highest BCUT2D eigenvalue weighted by Gasteiger charge is 2.26. The Morgan fingerprint density at radius 3 is 2.35 bits per heavy atom. The molecule has 0 bridgehead atoms. The van der Waals surface area contributed by atoms with Crippen molar-refractivity contribution in [2.45, 2.75) is 26.3 Å². The van der Waals surface area contributed by atoms with Crippen molar-refractivity contribution in [3.8, 4) is 0 Å². The third kappa shape index (κ3) is 5.33. The van der Waals surface area contributed by atoms with Crippen molar-refractivity contribution >= 4 is 35.0 Å². The van der Waals surface area contributed by atoms with Crippen molar-refractivity contribution in [3.63, 3.8) is 0 Å². The van der Waals surface area contributed by atoms with E-state index in [1.165, 1.54) is 11.1 Å². The Labute approximate surface area is 179 Å². The molecule has 2 N–H and O–H groups in total. The average molecular weight is 430 g/mol. The van der Waals surface area contributed by atoms with Gasteiger partial charge in [-0.25, -0.2) is 19.4 Å². The Kier molecular flexibility index (Phi) is 7.11. The molecule has 1 amide bonds. The summed E-state index contributed by atoms with van der Waals surface area (Å²) in [5.41, 5.74) is 3.78. The van der Waals surface area contributed by atoms with Crippen molar-refractivity contribution in [3.05, 3.63) is 35.9 Å². The van der Waals surface area contributed by atoms with Crippen LogP contribution in [-0.4, -0.2) is 75.5 Å². The van der Waals surface area contributed by atoms with E-state index < -0.39 is 11.9 Å². The zero-order chi connectivity index (χ0) is 22.4. The Hall–Kier alpha value is -3.56. The van der Waals surface area contributed by atoms with Crippen LogP contribution in [0.1, 0.15) is 18.9 Å². The molecule has 2 aromatic rings. The van der Waals surface area contributed by atoms with Crippen LogP contribution in [0, 0.1) is 0 Å². The number of aryl methyl sites for hydroxylation is 2. The van der Waals surface area contributed by atoms with Gasteiger partial charge in [0, 0.05) is 44.9 Å². The molecule has 0 aliphatic carbocycles. The number of ether oxygens (including phenoxy) is 1. The van der Waals surface area contributed by atoms with Gasteiger partial charge in [-0.15, -0.1) is 0 Å². The van der Waals surface area contributed by atoms with Crippen LogP contribution in [0.4, 0.5) is 10.7 Å². The number of carboxylic acid groups (broad SMARTS) is 2. The number of imidazole rings is 1. The molecule has 10 heteroatoms. The predicted octanol–water partition coefficient (Wildman–Crippen LogP) is 1.97. The molecule has 0 atom stereocenters. The number of benzene rings is 1. The van der Waals surface area contributed by atoms with Gasteiger partial charge in [0.1, 0.15) is 0 Å². The Morgan fingerprint density at radius 2 is 1.74 bits per heavy atom. The molecule has 166 valence electrons. The lowest BCUT2D eigenvalue weighted by Crippen LogP contribution is -2.49. The normalized spacial score (nSPS) is 15.5. The van der Waals surface area contributed by atoms with Crippen LogP contribution in [0.25, 0.3) is 11.0 Å². The summed E-state index contributed by atoms with van der Waals surface area (Å²) in [6.45, 7) is 6.28. The second kappa shape index (κ2) is 9.96. The van der Waals surface area contributed by atoms with Crippen LogP contribution in [0.2, 0.25) is 0 Å². The number of carbonyl (C=O) groups is 3. The third-order valence-corrected chi connectivity index (χ3v) is 5.11. The highest BCUT2D eigenvalue weighted by Crippen LogP contribution is 2.30. The molecule has 4 rings (SSSR count). The molecule has 31 heavy (non-hydrogen) atoms. The summed E-state index contributed by atoms with van der Waals surface area (Å²) >= 11 is 0. The highest BCUT2D eigenvalue weighted by molar-refractivity contribution is 5.89. The fourth-order valence-corrected chi connectivity index (χ4v) is 3.78. The quantitative estimate of drug-likeness (QED) is 0.706. The third-order valence-electron chi connectivity index (χ3n) is 5.11. The van der Waals surface area contributed by atoms with E-state index in [4.69, 9.17) is 19.9 Å². The number of rotatable bonds is 4. The van der Waals surface area contributed by atoms with Crippen molar-refractivity contribution in [1.29, 1.82) is 0 Å². The van der Waals surface area contributed by atoms with Crippen LogP contribution < -0.4 is 4.90 Å². The van der Waals surface area contributed by atoms with Crippen LogP contribution in [0.5, 0.6) is 0 Å². The molecular weight excluding hydrogens is 404 g/mol. The first-order chi connectivity index (χ1) is 14.9. The maximum absolute atomic E-state index is 11.8. The van der Waals surface area contributed by atoms with Crippen LogP contribution in [-0.2, 0) is 27.3 Å². The van der Waals surface area contributed by atoms with Gasteiger partial charge in [-0.1, -0.05) is 12.1 Å². The van der Waals surface area contributed by atoms with Crippen molar-refractivity contribution in [2.75, 3.05) is 37.7 Å². The molecular formula is C21H26N4O6. The molecule has 0 spiro atoms. The lowest BCUT2D eigenvalue weighted by Gasteiger charge is -2.35. The summed E-state index contributed by atoms with van der Waals surface area (Å²) < 4.78 is 7.44. The minimum absolute atomic E-state index is 0.205. The van der Waals surface area contributed by atoms with E-state index >= 15 is 0 Å². The van der Waals surface area contributed by atoms with Crippen LogP contribution in [0.3, 0.4) is 0 Å². The van der Waals surface area contributed by atoms with Gasteiger partial charge in [0.2, 0.25) is 5.95 Å². The van der Waals surface area contributed by atoms with Gasteiger partial charge in [0.25, 0.3) is 0 Å². The lowest BCUT2D eigenvalue weighted by atomic mass is 10.0. The molecule has 2 aliphatic heterocycles. The summed E-state index contributed by atoms with van der Waals surface area (Å²) in [5, 5.41) is 15.6. The summed E-state index contributed by atoms with van der Waals surface area (Å²) in [4.78, 5) is 39.9. The summed E-state index contributed by atoms with van der Waals surface area (Å²) in [7, 11) is 0. The van der Waals surface area contributed by atoms with E-state index in [1.54, 1.807) is 4.90 Å². The fraction of sp³-hybridized carbons (Fsp3) is 0.429. The average Bonchev–Trinajstić information content (AvgIpc) is 3.14. The molecule has 10 nitrogen and oxygen atoms in total. The van der Waals surface area contributed by atoms with Crippen molar-refractivity contribution in [1.82, 2.24) is 14.5 Å². The predicted molar refractivity (Wildman–Crippen MR) is 113 cm³/mol. The number of para-hydroxylation sites is 1. The van der Waals surface area contributed by atoms with E-state index in [0.717, 1.165) is 43.9 Å². The first-order valence-corrected chi connectivity index (χ1v) is 10.2. The second-order valence-corrected chi connectivity index (χ2v) is 7.13. The van der Waals surface area contributed by atoms with Crippen LogP contribution >= 0.6 is 0 Å². The topological polar surface area (TPSA) is 125 Å². The zero-order valence-corrected chi connectivity index (χ0v) is 17.4.